The summed E-state index contributed by atoms with van der Waals surface area (Å²) in [4.78, 5) is 53.8. The minimum Gasteiger partial charge on any atom is -0.444 e. The second kappa shape index (κ2) is 13.5. The number of benzene rings is 2. The Hall–Kier alpha value is -4.84. The fourth-order valence-corrected chi connectivity index (χ4v) is 5.63. The number of amides is 2. The van der Waals surface area contributed by atoms with Crippen LogP contribution in [0.2, 0.25) is 0 Å². The third kappa shape index (κ3) is 9.44. The van der Waals surface area contributed by atoms with E-state index in [4.69, 9.17) is 19.9 Å². The lowest BCUT2D eigenvalue weighted by molar-refractivity contribution is -0.128. The molecule has 50 heavy (non-hydrogen) atoms. The number of nitrogens with one attached hydrogen (secondary N) is 2. The highest BCUT2D eigenvalue weighted by Gasteiger charge is 2.40. The molecule has 0 unspecified atom stereocenters. The number of nitrogens with zero attached hydrogens (tertiary/aromatic N) is 2. The average molecular weight is 690 g/mol. The minimum absolute atomic E-state index is 0.0254. The Morgan fingerprint density at radius 2 is 1.00 bits per heavy atom. The molecule has 2 amide bonds. The number of carbonyl (C=O) groups is 4. The first-order chi connectivity index (χ1) is 22.9. The van der Waals surface area contributed by atoms with Crippen LogP contribution in [0.5, 0.6) is 0 Å². The van der Waals surface area contributed by atoms with Gasteiger partial charge in [-0.2, -0.15) is 0 Å². The maximum Gasteiger partial charge on any atom is 0.419 e. The summed E-state index contributed by atoms with van der Waals surface area (Å²) < 4.78 is 19.7. The van der Waals surface area contributed by atoms with E-state index in [0.29, 0.717) is 27.5 Å². The number of ether oxygens (including phenoxy) is 3. The molecule has 270 valence electrons. The summed E-state index contributed by atoms with van der Waals surface area (Å²) in [5.41, 5.74) is 4.09. The summed E-state index contributed by atoms with van der Waals surface area (Å²) in [5, 5.41) is 7.18. The van der Waals surface area contributed by atoms with E-state index in [-0.39, 0.29) is 12.8 Å². The molecule has 2 heterocycles. The maximum absolute atomic E-state index is 14.3. The molecule has 4 N–H and O–H groups in total. The van der Waals surface area contributed by atoms with Gasteiger partial charge in [0, 0.05) is 36.0 Å². The number of alkyl carbamates (subject to hydrolysis) is 1. The topological polar surface area (TPSA) is 156 Å². The third-order valence-corrected chi connectivity index (χ3v) is 7.55. The van der Waals surface area contributed by atoms with Gasteiger partial charge in [-0.1, -0.05) is 36.4 Å². The summed E-state index contributed by atoms with van der Waals surface area (Å²) in [6, 6.07) is 14.6. The SMILES string of the molecule is CC(C)(C)OC(=O)N[C@](C)(Cc1cn(C(=O)OC(C)(C)C)c2ccccc12)C(=O)N[C@@](C)(N)Cc1cn(C(=O)OC(C)(C)C)c2ccccc12. The molecule has 12 heteroatoms. The lowest BCUT2D eigenvalue weighted by atomic mass is 9.90. The summed E-state index contributed by atoms with van der Waals surface area (Å²) in [6.07, 6.45) is 1.48. The van der Waals surface area contributed by atoms with E-state index in [1.165, 1.54) is 9.13 Å². The van der Waals surface area contributed by atoms with E-state index >= 15 is 0 Å². The van der Waals surface area contributed by atoms with Crippen molar-refractivity contribution in [2.75, 3.05) is 0 Å². The van der Waals surface area contributed by atoms with Crippen molar-refractivity contribution in [1.82, 2.24) is 19.8 Å². The number of hydrogen-bond donors (Lipinski definition) is 3. The molecule has 0 radical (unpaired) electrons. The van der Waals surface area contributed by atoms with Gasteiger partial charge in [0.05, 0.1) is 16.7 Å². The van der Waals surface area contributed by atoms with Crippen molar-refractivity contribution >= 4 is 46.0 Å². The number of rotatable bonds is 7. The largest absolute Gasteiger partial charge is 0.444 e. The molecule has 0 aliphatic heterocycles. The first-order valence-corrected chi connectivity index (χ1v) is 16.6. The lowest BCUT2D eigenvalue weighted by Gasteiger charge is -2.35. The van der Waals surface area contributed by atoms with Gasteiger partial charge in [-0.3, -0.25) is 13.9 Å². The fraction of sp³-hybridized carbons (Fsp3) is 0.474. The Labute approximate surface area is 293 Å². The van der Waals surface area contributed by atoms with Crippen LogP contribution in [0, 0.1) is 0 Å². The van der Waals surface area contributed by atoms with Crippen molar-refractivity contribution in [2.24, 2.45) is 5.73 Å². The molecule has 0 saturated carbocycles. The second-order valence-electron chi connectivity index (χ2n) is 16.2. The van der Waals surface area contributed by atoms with Gasteiger partial charge in [-0.15, -0.1) is 0 Å². The highest BCUT2D eigenvalue weighted by molar-refractivity contribution is 5.95. The van der Waals surface area contributed by atoms with E-state index in [9.17, 15) is 19.2 Å². The number of carbonyl (C=O) groups excluding carboxylic acids is 4. The standard InChI is InChI=1S/C38H51N5O7/c1-34(2,3)48-31(45)41-37(10,20-24-22-42(32(46)49-35(4,5)6)28-18-14-12-16-26(24)28)30(44)40-38(11,39)21-25-23-43(33(47)50-36(7,8)9)29-19-15-13-17-27(25)29/h12-19,22-23H,20-21,39H2,1-11H3,(H,40,44)(H,41,45)/t37-,38-/m1/s1. The zero-order valence-electron chi connectivity index (χ0n) is 31.0. The molecule has 0 aliphatic carbocycles. The number of para-hydroxylation sites is 2. The monoisotopic (exact) mass is 689 g/mol. The van der Waals surface area contributed by atoms with Crippen molar-refractivity contribution in [2.45, 2.75) is 117 Å². The van der Waals surface area contributed by atoms with Crippen LogP contribution in [0.15, 0.2) is 60.9 Å². The second-order valence-corrected chi connectivity index (χ2v) is 16.2. The summed E-state index contributed by atoms with van der Waals surface area (Å²) in [5.74, 6) is -0.585. The van der Waals surface area contributed by atoms with Gasteiger partial charge in [-0.25, -0.2) is 14.4 Å². The van der Waals surface area contributed by atoms with Crippen LogP contribution in [0.25, 0.3) is 21.8 Å². The summed E-state index contributed by atoms with van der Waals surface area (Å²) in [6.45, 7) is 19.1. The molecule has 0 saturated heterocycles. The Balaban J connectivity index is 1.69. The molecule has 0 bridgehead atoms. The van der Waals surface area contributed by atoms with Crippen LogP contribution in [0.4, 0.5) is 14.4 Å². The number of nitrogens with two attached hydrogens (primary N) is 1. The molecule has 4 rings (SSSR count). The van der Waals surface area contributed by atoms with Crippen molar-refractivity contribution in [1.29, 1.82) is 0 Å². The van der Waals surface area contributed by atoms with Crippen molar-refractivity contribution in [3.63, 3.8) is 0 Å². The van der Waals surface area contributed by atoms with Gasteiger partial charge in [0.15, 0.2) is 0 Å². The van der Waals surface area contributed by atoms with Gasteiger partial charge in [0.2, 0.25) is 5.91 Å². The number of fused-ring (bicyclic) bond motifs is 2. The molecule has 4 aromatic rings. The van der Waals surface area contributed by atoms with E-state index in [0.717, 1.165) is 5.39 Å². The molecule has 0 fully saturated rings. The maximum atomic E-state index is 14.3. The predicted molar refractivity (Wildman–Crippen MR) is 193 cm³/mol. The molecule has 2 aromatic carbocycles. The summed E-state index contributed by atoms with van der Waals surface area (Å²) >= 11 is 0. The fourth-order valence-electron chi connectivity index (χ4n) is 5.63. The molecule has 0 aliphatic rings. The van der Waals surface area contributed by atoms with E-state index in [1.807, 2.05) is 36.4 Å². The van der Waals surface area contributed by atoms with Crippen molar-refractivity contribution in [3.8, 4) is 0 Å². The summed E-state index contributed by atoms with van der Waals surface area (Å²) in [7, 11) is 0. The predicted octanol–water partition coefficient (Wildman–Crippen LogP) is 7.02. The Morgan fingerprint density at radius 1 is 0.600 bits per heavy atom. The highest BCUT2D eigenvalue weighted by Crippen LogP contribution is 2.29. The molecular formula is C38H51N5O7. The van der Waals surface area contributed by atoms with Crippen LogP contribution in [0.3, 0.4) is 0 Å². The third-order valence-electron chi connectivity index (χ3n) is 7.55. The minimum atomic E-state index is -1.60. The van der Waals surface area contributed by atoms with Crippen LogP contribution in [-0.4, -0.2) is 61.3 Å². The van der Waals surface area contributed by atoms with Crippen LogP contribution < -0.4 is 16.4 Å². The van der Waals surface area contributed by atoms with Crippen LogP contribution in [-0.2, 0) is 31.8 Å². The van der Waals surface area contributed by atoms with Gasteiger partial charge in [0.25, 0.3) is 0 Å². The van der Waals surface area contributed by atoms with Gasteiger partial charge >= 0.3 is 18.3 Å². The molecule has 12 nitrogen and oxygen atoms in total. The van der Waals surface area contributed by atoms with E-state index in [1.54, 1.807) is 101 Å². The highest BCUT2D eigenvalue weighted by atomic mass is 16.6. The zero-order chi connectivity index (χ0) is 37.4. The lowest BCUT2D eigenvalue weighted by Crippen LogP contribution is -2.65. The number of aromatic nitrogens is 2. The smallest absolute Gasteiger partial charge is 0.419 e. The van der Waals surface area contributed by atoms with Gasteiger partial charge in [-0.05, 0) is 99.4 Å². The first-order valence-electron chi connectivity index (χ1n) is 16.6. The quantitative estimate of drug-likeness (QED) is 0.138. The zero-order valence-corrected chi connectivity index (χ0v) is 31.0. The average Bonchev–Trinajstić information content (AvgIpc) is 3.48. The van der Waals surface area contributed by atoms with Crippen molar-refractivity contribution < 1.29 is 33.4 Å². The molecule has 0 spiro atoms. The molecule has 2 atom stereocenters. The normalized spacial score (nSPS) is 14.8. The van der Waals surface area contributed by atoms with Gasteiger partial charge in [0.1, 0.15) is 22.3 Å². The Bertz CT molecular complexity index is 1920. The molecule has 2 aromatic heterocycles. The Kier molecular flexibility index (Phi) is 10.2. The van der Waals surface area contributed by atoms with Crippen LogP contribution in [0.1, 0.15) is 87.3 Å². The molecular weight excluding hydrogens is 638 g/mol. The van der Waals surface area contributed by atoms with Gasteiger partial charge < -0.3 is 30.6 Å². The van der Waals surface area contributed by atoms with Crippen molar-refractivity contribution in [3.05, 3.63) is 72.1 Å². The van der Waals surface area contributed by atoms with E-state index in [2.05, 4.69) is 10.6 Å². The number of hydrogen-bond acceptors (Lipinski definition) is 8. The first kappa shape index (κ1) is 38.0. The van der Waals surface area contributed by atoms with Crippen LogP contribution >= 0.6 is 0 Å². The van der Waals surface area contributed by atoms with E-state index < -0.39 is 52.2 Å². The Morgan fingerprint density at radius 3 is 1.42 bits per heavy atom.